The minimum atomic E-state index is 0.342. The fourth-order valence-electron chi connectivity index (χ4n) is 11.1. The van der Waals surface area contributed by atoms with Crippen molar-refractivity contribution in [3.8, 4) is 0 Å². The summed E-state index contributed by atoms with van der Waals surface area (Å²) < 4.78 is 0. The van der Waals surface area contributed by atoms with E-state index < -0.39 is 0 Å². The molecule has 8 aliphatic rings. The summed E-state index contributed by atoms with van der Waals surface area (Å²) >= 11 is 0. The van der Waals surface area contributed by atoms with Gasteiger partial charge in [-0.2, -0.15) is 0 Å². The van der Waals surface area contributed by atoms with Gasteiger partial charge < -0.3 is 5.11 Å². The van der Waals surface area contributed by atoms with Crippen LogP contribution >= 0.6 is 0 Å². The summed E-state index contributed by atoms with van der Waals surface area (Å²) in [7, 11) is 0. The molecule has 1 nitrogen and oxygen atoms in total. The van der Waals surface area contributed by atoms with Crippen LogP contribution < -0.4 is 0 Å². The van der Waals surface area contributed by atoms with Crippen molar-refractivity contribution in [3.05, 3.63) is 0 Å². The second kappa shape index (κ2) is 4.86. The van der Waals surface area contributed by atoms with Crippen molar-refractivity contribution in [2.45, 2.75) is 96.8 Å². The maximum absolute atomic E-state index is 10.3. The number of rotatable bonds is 4. The normalized spacial score (nSPS) is 61.2. The van der Waals surface area contributed by atoms with Gasteiger partial charge in [0, 0.05) is 6.61 Å². The topological polar surface area (TPSA) is 20.2 Å². The zero-order valence-corrected chi connectivity index (χ0v) is 16.4. The van der Waals surface area contributed by atoms with Gasteiger partial charge in [-0.15, -0.1) is 0 Å². The van der Waals surface area contributed by atoms with E-state index in [-0.39, 0.29) is 0 Å². The third kappa shape index (κ3) is 2.23. The maximum Gasteiger partial charge on any atom is 0.0487 e. The molecule has 0 aromatic carbocycles. The Morgan fingerprint density at radius 3 is 1.48 bits per heavy atom. The molecule has 4 atom stereocenters. The van der Waals surface area contributed by atoms with Crippen LogP contribution in [0.15, 0.2) is 0 Å². The number of aliphatic hydroxyl groups is 1. The van der Waals surface area contributed by atoms with Gasteiger partial charge in [0.1, 0.15) is 0 Å². The predicted octanol–water partition coefficient (Wildman–Crippen LogP) is 5.95. The molecule has 1 N–H and O–H groups in total. The van der Waals surface area contributed by atoms with Gasteiger partial charge in [0.05, 0.1) is 0 Å². The minimum absolute atomic E-state index is 0.342. The second-order valence-electron chi connectivity index (χ2n) is 12.6. The molecule has 8 saturated carbocycles. The second-order valence-corrected chi connectivity index (χ2v) is 12.6. The summed E-state index contributed by atoms with van der Waals surface area (Å²) in [6.45, 7) is 2.98. The van der Waals surface area contributed by atoms with Crippen molar-refractivity contribution in [1.29, 1.82) is 0 Å². The van der Waals surface area contributed by atoms with Gasteiger partial charge in [-0.25, -0.2) is 0 Å². The van der Waals surface area contributed by atoms with Crippen molar-refractivity contribution in [1.82, 2.24) is 0 Å². The molecular weight excluding hydrogens is 304 g/mol. The molecule has 0 heterocycles. The lowest BCUT2D eigenvalue weighted by Gasteiger charge is -2.68. The fraction of sp³-hybridized carbons (Fsp3) is 1.00. The lowest BCUT2D eigenvalue weighted by atomic mass is 9.37. The largest absolute Gasteiger partial charge is 0.396 e. The Kier molecular flexibility index (Phi) is 3.11. The highest BCUT2D eigenvalue weighted by molar-refractivity contribution is 5.13. The predicted molar refractivity (Wildman–Crippen MR) is 101 cm³/mol. The Labute approximate surface area is 154 Å². The van der Waals surface area contributed by atoms with E-state index in [2.05, 4.69) is 6.92 Å². The SMILES string of the molecule is CCC12CC3CC(C1)CC(CC14CC5CC(CC(CO)(C5)C1)C4)(C3)C2. The molecule has 25 heavy (non-hydrogen) atoms. The first-order chi connectivity index (χ1) is 12.0. The van der Waals surface area contributed by atoms with Gasteiger partial charge in [-0.3, -0.25) is 0 Å². The van der Waals surface area contributed by atoms with Gasteiger partial charge in [0.25, 0.3) is 0 Å². The summed E-state index contributed by atoms with van der Waals surface area (Å²) in [6, 6.07) is 0. The molecule has 0 aromatic rings. The molecule has 140 valence electrons. The molecule has 0 aliphatic heterocycles. The number of hydrogen-bond donors (Lipinski definition) is 1. The van der Waals surface area contributed by atoms with Gasteiger partial charge in [0.2, 0.25) is 0 Å². The van der Waals surface area contributed by atoms with Crippen LogP contribution in [0.4, 0.5) is 0 Å². The summed E-state index contributed by atoms with van der Waals surface area (Å²) in [5, 5.41) is 10.3. The van der Waals surface area contributed by atoms with E-state index in [0.717, 1.165) is 29.1 Å². The summed E-state index contributed by atoms with van der Waals surface area (Å²) in [4.78, 5) is 0. The van der Waals surface area contributed by atoms with E-state index in [0.29, 0.717) is 22.9 Å². The number of aliphatic hydroxyl groups excluding tert-OH is 1. The summed E-state index contributed by atoms with van der Waals surface area (Å²) in [5.74, 6) is 4.06. The van der Waals surface area contributed by atoms with Crippen LogP contribution in [0, 0.1) is 45.3 Å². The smallest absolute Gasteiger partial charge is 0.0487 e. The van der Waals surface area contributed by atoms with Gasteiger partial charge >= 0.3 is 0 Å². The van der Waals surface area contributed by atoms with Crippen molar-refractivity contribution in [2.75, 3.05) is 6.61 Å². The summed E-state index contributed by atoms with van der Waals surface area (Å²) in [5.41, 5.74) is 2.42. The molecule has 0 radical (unpaired) electrons. The molecule has 0 aromatic heterocycles. The molecule has 8 rings (SSSR count). The lowest BCUT2D eigenvalue weighted by Crippen LogP contribution is -2.57. The lowest BCUT2D eigenvalue weighted by molar-refractivity contribution is -0.178. The van der Waals surface area contributed by atoms with Crippen LogP contribution in [0.5, 0.6) is 0 Å². The molecule has 4 unspecified atom stereocenters. The van der Waals surface area contributed by atoms with Crippen LogP contribution in [0.3, 0.4) is 0 Å². The van der Waals surface area contributed by atoms with Crippen LogP contribution in [0.25, 0.3) is 0 Å². The third-order valence-electron chi connectivity index (χ3n) is 10.4. The Balaban J connectivity index is 1.32. The average molecular weight is 343 g/mol. The first-order valence-corrected chi connectivity index (χ1v) is 11.6. The molecule has 8 fully saturated rings. The monoisotopic (exact) mass is 342 g/mol. The van der Waals surface area contributed by atoms with E-state index >= 15 is 0 Å². The zero-order valence-electron chi connectivity index (χ0n) is 16.4. The molecule has 0 spiro atoms. The standard InChI is InChI=1S/C24H38O/c1-2-21-5-17-3-18(6-21)8-22(7-17,13-21)14-23-9-19-4-20(10-23)12-24(11-19,15-23)16-25/h17-20,25H,2-16H2,1H3. The molecule has 0 saturated heterocycles. The van der Waals surface area contributed by atoms with Crippen LogP contribution in [-0.4, -0.2) is 11.7 Å². The third-order valence-corrected chi connectivity index (χ3v) is 10.4. The molecule has 8 aliphatic carbocycles. The first-order valence-electron chi connectivity index (χ1n) is 11.6. The van der Waals surface area contributed by atoms with Gasteiger partial charge in [-0.1, -0.05) is 13.3 Å². The van der Waals surface area contributed by atoms with E-state index in [1.165, 1.54) is 44.9 Å². The van der Waals surface area contributed by atoms with Crippen LogP contribution in [0.1, 0.15) is 96.8 Å². The van der Waals surface area contributed by atoms with Crippen molar-refractivity contribution in [2.24, 2.45) is 45.3 Å². The minimum Gasteiger partial charge on any atom is -0.396 e. The van der Waals surface area contributed by atoms with E-state index in [9.17, 15) is 5.11 Å². The van der Waals surface area contributed by atoms with Crippen LogP contribution in [-0.2, 0) is 0 Å². The zero-order chi connectivity index (χ0) is 16.9. The quantitative estimate of drug-likeness (QED) is 0.669. The number of hydrogen-bond acceptors (Lipinski definition) is 1. The van der Waals surface area contributed by atoms with Gasteiger partial charge in [0.15, 0.2) is 0 Å². The summed E-state index contributed by atoms with van der Waals surface area (Å²) in [6.07, 6.45) is 21.1. The van der Waals surface area contributed by atoms with E-state index in [4.69, 9.17) is 0 Å². The van der Waals surface area contributed by atoms with Crippen molar-refractivity contribution < 1.29 is 5.11 Å². The van der Waals surface area contributed by atoms with Gasteiger partial charge in [-0.05, 0) is 129 Å². The molecule has 1 heteroatoms. The Morgan fingerprint density at radius 2 is 1.04 bits per heavy atom. The highest BCUT2D eigenvalue weighted by Gasteiger charge is 2.62. The average Bonchev–Trinajstić information content (AvgIpc) is 2.51. The molecular formula is C24H38O. The highest BCUT2D eigenvalue weighted by Crippen LogP contribution is 2.73. The molecule has 8 bridgehead atoms. The van der Waals surface area contributed by atoms with Crippen molar-refractivity contribution >= 4 is 0 Å². The maximum atomic E-state index is 10.3. The first kappa shape index (κ1) is 16.0. The van der Waals surface area contributed by atoms with Crippen LogP contribution in [0.2, 0.25) is 0 Å². The van der Waals surface area contributed by atoms with E-state index in [1.54, 1.807) is 44.9 Å². The van der Waals surface area contributed by atoms with E-state index in [1.807, 2.05) is 0 Å². The Bertz CT molecular complexity index is 499. The van der Waals surface area contributed by atoms with Crippen molar-refractivity contribution in [3.63, 3.8) is 0 Å². The highest BCUT2D eigenvalue weighted by atomic mass is 16.3. The molecule has 0 amide bonds. The fourth-order valence-corrected chi connectivity index (χ4v) is 11.1. The Morgan fingerprint density at radius 1 is 0.640 bits per heavy atom. The Hall–Kier alpha value is -0.0400.